The third-order valence-corrected chi connectivity index (χ3v) is 8.84. The van der Waals surface area contributed by atoms with Gasteiger partial charge in [-0.2, -0.15) is 0 Å². The van der Waals surface area contributed by atoms with Crippen LogP contribution in [0, 0.1) is 0 Å². The Labute approximate surface area is 234 Å². The Hall–Kier alpha value is -3.74. The molecule has 39 heavy (non-hydrogen) atoms. The number of anilines is 2. The first-order valence-electron chi connectivity index (χ1n) is 11.6. The molecule has 1 aromatic heterocycles. The van der Waals surface area contributed by atoms with Crippen LogP contribution in [0.15, 0.2) is 64.3 Å². The molecule has 0 aliphatic heterocycles. The molecule has 3 aromatic carbocycles. The molecule has 10 nitrogen and oxygen atoms in total. The van der Waals surface area contributed by atoms with Crippen molar-refractivity contribution in [1.82, 2.24) is 4.57 Å². The lowest BCUT2D eigenvalue weighted by molar-refractivity contribution is -0.114. The molecule has 0 spiro atoms. The number of nitrogens with one attached hydrogen (secondary N) is 1. The number of sulfonamides is 1. The van der Waals surface area contributed by atoms with E-state index >= 15 is 0 Å². The summed E-state index contributed by atoms with van der Waals surface area (Å²) in [4.78, 5) is 25.2. The maximum absolute atomic E-state index is 13.9. The fraction of sp³-hybridized carbons (Fsp3) is 0.231. The van der Waals surface area contributed by atoms with Crippen molar-refractivity contribution in [2.75, 3.05) is 37.5 Å². The number of aromatic nitrogens is 1. The van der Waals surface area contributed by atoms with E-state index in [0.717, 1.165) is 21.2 Å². The maximum atomic E-state index is 13.9. The molecular weight excluding hydrogens is 566 g/mol. The van der Waals surface area contributed by atoms with Gasteiger partial charge in [0, 0.05) is 23.3 Å². The summed E-state index contributed by atoms with van der Waals surface area (Å²) in [6.07, 6.45) is 0. The van der Waals surface area contributed by atoms with Crippen molar-refractivity contribution in [3.8, 4) is 17.2 Å². The highest BCUT2D eigenvalue weighted by molar-refractivity contribution is 7.92. The van der Waals surface area contributed by atoms with E-state index in [2.05, 4.69) is 5.32 Å². The SMILES string of the molecule is CCn1c(=O)sc2cc(NC(=O)CN(c3cc(Cl)ccc3OC)S(=O)(=O)c3ccc(OC)c(OC)c3)ccc21. The highest BCUT2D eigenvalue weighted by Gasteiger charge is 2.31. The van der Waals surface area contributed by atoms with Crippen molar-refractivity contribution < 1.29 is 27.4 Å². The van der Waals surface area contributed by atoms with Crippen LogP contribution in [0.5, 0.6) is 17.2 Å². The van der Waals surface area contributed by atoms with Gasteiger partial charge in [0.15, 0.2) is 11.5 Å². The molecule has 13 heteroatoms. The van der Waals surface area contributed by atoms with E-state index in [9.17, 15) is 18.0 Å². The van der Waals surface area contributed by atoms with Crippen molar-refractivity contribution in [3.05, 3.63) is 69.3 Å². The van der Waals surface area contributed by atoms with Gasteiger partial charge >= 0.3 is 4.87 Å². The van der Waals surface area contributed by atoms with Gasteiger partial charge < -0.3 is 19.5 Å². The third-order valence-electron chi connectivity index (χ3n) is 5.91. The second-order valence-electron chi connectivity index (χ2n) is 8.19. The van der Waals surface area contributed by atoms with Crippen molar-refractivity contribution in [3.63, 3.8) is 0 Å². The number of hydrogen-bond donors (Lipinski definition) is 1. The van der Waals surface area contributed by atoms with Gasteiger partial charge in [-0.3, -0.25) is 18.5 Å². The molecule has 0 aliphatic rings. The number of amides is 1. The van der Waals surface area contributed by atoms with Gasteiger partial charge in [0.05, 0.1) is 42.1 Å². The minimum Gasteiger partial charge on any atom is -0.495 e. The Kier molecular flexibility index (Phi) is 8.38. The van der Waals surface area contributed by atoms with E-state index in [1.54, 1.807) is 28.8 Å². The molecule has 0 atom stereocenters. The number of fused-ring (bicyclic) bond motifs is 1. The molecule has 0 radical (unpaired) electrons. The number of carbonyl (C=O) groups excluding carboxylic acids is 1. The summed E-state index contributed by atoms with van der Waals surface area (Å²) < 4.78 is 47.0. The summed E-state index contributed by atoms with van der Waals surface area (Å²) in [6, 6.07) is 13.7. The van der Waals surface area contributed by atoms with Crippen LogP contribution in [0.4, 0.5) is 11.4 Å². The summed E-state index contributed by atoms with van der Waals surface area (Å²) in [6.45, 7) is 1.80. The summed E-state index contributed by atoms with van der Waals surface area (Å²) >= 11 is 7.28. The normalized spacial score (nSPS) is 11.3. The predicted molar refractivity (Wildman–Crippen MR) is 152 cm³/mol. The van der Waals surface area contributed by atoms with Gasteiger partial charge in [-0.25, -0.2) is 8.42 Å². The van der Waals surface area contributed by atoms with Crippen LogP contribution in [-0.2, 0) is 21.4 Å². The maximum Gasteiger partial charge on any atom is 0.308 e. The molecule has 0 unspecified atom stereocenters. The van der Waals surface area contributed by atoms with Crippen LogP contribution in [0.3, 0.4) is 0 Å². The van der Waals surface area contributed by atoms with Crippen LogP contribution in [0.25, 0.3) is 10.2 Å². The Balaban J connectivity index is 1.73. The van der Waals surface area contributed by atoms with E-state index in [1.165, 1.54) is 51.7 Å². The van der Waals surface area contributed by atoms with Gasteiger partial charge in [-0.1, -0.05) is 22.9 Å². The van der Waals surface area contributed by atoms with Crippen molar-refractivity contribution in [1.29, 1.82) is 0 Å². The van der Waals surface area contributed by atoms with Gasteiger partial charge in [0.25, 0.3) is 10.0 Å². The van der Waals surface area contributed by atoms with Gasteiger partial charge in [-0.15, -0.1) is 0 Å². The van der Waals surface area contributed by atoms with Crippen LogP contribution in [0.2, 0.25) is 5.02 Å². The zero-order valence-corrected chi connectivity index (χ0v) is 23.9. The number of carbonyl (C=O) groups is 1. The average Bonchev–Trinajstić information content (AvgIpc) is 3.24. The van der Waals surface area contributed by atoms with E-state index in [1.807, 2.05) is 6.92 Å². The second-order valence-corrected chi connectivity index (χ2v) is 11.5. The zero-order valence-electron chi connectivity index (χ0n) is 21.6. The highest BCUT2D eigenvalue weighted by Crippen LogP contribution is 2.37. The van der Waals surface area contributed by atoms with E-state index in [4.69, 9.17) is 25.8 Å². The molecule has 1 amide bonds. The number of nitrogens with zero attached hydrogens (tertiary/aromatic N) is 2. The second kappa shape index (κ2) is 11.6. The zero-order chi connectivity index (χ0) is 28.3. The summed E-state index contributed by atoms with van der Waals surface area (Å²) in [7, 11) is -0.119. The minimum atomic E-state index is -4.33. The van der Waals surface area contributed by atoms with Crippen LogP contribution < -0.4 is 28.7 Å². The smallest absolute Gasteiger partial charge is 0.308 e. The van der Waals surface area contributed by atoms with Crippen LogP contribution in [0.1, 0.15) is 6.92 Å². The average molecular weight is 592 g/mol. The quantitative estimate of drug-likeness (QED) is 0.287. The van der Waals surface area contributed by atoms with Crippen molar-refractivity contribution in [2.24, 2.45) is 0 Å². The molecule has 0 saturated heterocycles. The summed E-state index contributed by atoms with van der Waals surface area (Å²) in [5.74, 6) is 0.120. The lowest BCUT2D eigenvalue weighted by atomic mass is 10.2. The number of ether oxygens (including phenoxy) is 3. The Morgan fingerprint density at radius 3 is 2.33 bits per heavy atom. The largest absolute Gasteiger partial charge is 0.495 e. The van der Waals surface area contributed by atoms with E-state index in [0.29, 0.717) is 22.7 Å². The monoisotopic (exact) mass is 591 g/mol. The van der Waals surface area contributed by atoms with Crippen molar-refractivity contribution in [2.45, 2.75) is 18.4 Å². The van der Waals surface area contributed by atoms with Gasteiger partial charge in [0.2, 0.25) is 5.91 Å². The van der Waals surface area contributed by atoms with E-state index < -0.39 is 22.5 Å². The first-order chi connectivity index (χ1) is 18.6. The molecule has 1 N–H and O–H groups in total. The topological polar surface area (TPSA) is 116 Å². The number of rotatable bonds is 10. The van der Waals surface area contributed by atoms with Gasteiger partial charge in [0.1, 0.15) is 12.3 Å². The molecule has 206 valence electrons. The number of methoxy groups -OCH3 is 3. The minimum absolute atomic E-state index is 0.0728. The number of thiazole rings is 1. The molecule has 0 saturated carbocycles. The predicted octanol–water partition coefficient (Wildman–Crippen LogP) is 4.60. The molecule has 4 rings (SSSR count). The Bertz CT molecular complexity index is 1700. The lowest BCUT2D eigenvalue weighted by Crippen LogP contribution is -2.38. The third kappa shape index (κ3) is 5.68. The fourth-order valence-corrected chi connectivity index (χ4v) is 6.64. The standard InChI is InChI=1S/C26H26ClN3O7S2/c1-5-29-19-9-7-17(13-24(19)38-26(29)32)28-25(31)15-30(20-12-16(27)6-10-21(20)35-2)39(33,34)18-8-11-22(36-3)23(14-18)37-4/h6-14H,5,15H2,1-4H3,(H,28,31). The van der Waals surface area contributed by atoms with Gasteiger partial charge in [-0.05, 0) is 55.5 Å². The van der Waals surface area contributed by atoms with E-state index in [-0.39, 0.29) is 32.0 Å². The molecule has 0 fully saturated rings. The number of benzene rings is 3. The highest BCUT2D eigenvalue weighted by atomic mass is 35.5. The molecule has 0 bridgehead atoms. The summed E-state index contributed by atoms with van der Waals surface area (Å²) in [5, 5.41) is 2.98. The molecule has 4 aromatic rings. The Morgan fingerprint density at radius 2 is 1.67 bits per heavy atom. The lowest BCUT2D eigenvalue weighted by Gasteiger charge is -2.26. The number of aryl methyl sites for hydroxylation is 1. The first kappa shape index (κ1) is 28.3. The Morgan fingerprint density at radius 1 is 0.974 bits per heavy atom. The molecular formula is C26H26ClN3O7S2. The van der Waals surface area contributed by atoms with Crippen molar-refractivity contribution >= 4 is 60.5 Å². The number of hydrogen-bond acceptors (Lipinski definition) is 8. The molecule has 0 aliphatic carbocycles. The number of halogens is 1. The fourth-order valence-electron chi connectivity index (χ4n) is 4.04. The van der Waals surface area contributed by atoms with Crippen LogP contribution in [-0.4, -0.2) is 46.8 Å². The first-order valence-corrected chi connectivity index (χ1v) is 14.3. The van der Waals surface area contributed by atoms with Crippen LogP contribution >= 0.6 is 22.9 Å². The molecule has 1 heterocycles. The summed E-state index contributed by atoms with van der Waals surface area (Å²) in [5.41, 5.74) is 1.24.